The average molecular weight is 190 g/mol. The lowest BCUT2D eigenvalue weighted by Crippen LogP contribution is -2.16. The number of benzene rings is 1. The van der Waals surface area contributed by atoms with E-state index in [0.29, 0.717) is 12.0 Å². The summed E-state index contributed by atoms with van der Waals surface area (Å²) in [5.41, 5.74) is 0.992. The van der Waals surface area contributed by atoms with Crippen molar-refractivity contribution in [2.45, 2.75) is 6.42 Å². The molecule has 1 aliphatic rings. The zero-order chi connectivity index (χ0) is 9.97. The molecule has 0 bridgehead atoms. The van der Waals surface area contributed by atoms with Crippen molar-refractivity contribution in [3.05, 3.63) is 41.7 Å². The van der Waals surface area contributed by atoms with Gasteiger partial charge in [-0.1, -0.05) is 30.3 Å². The van der Waals surface area contributed by atoms with E-state index in [-0.39, 0.29) is 17.9 Å². The van der Waals surface area contributed by atoms with Crippen LogP contribution in [0, 0.1) is 0 Å². The lowest BCUT2D eigenvalue weighted by molar-refractivity contribution is -0.137. The molecule has 0 radical (unpaired) electrons. The van der Waals surface area contributed by atoms with E-state index in [0.717, 1.165) is 0 Å². The number of hydrogen-bond acceptors (Lipinski definition) is 3. The van der Waals surface area contributed by atoms with Crippen molar-refractivity contribution >= 4 is 11.5 Å². The van der Waals surface area contributed by atoms with Crippen LogP contribution in [-0.4, -0.2) is 17.7 Å². The topological polar surface area (TPSA) is 46.5 Å². The van der Waals surface area contributed by atoms with Gasteiger partial charge in [-0.3, -0.25) is 0 Å². The minimum absolute atomic E-state index is 0.118. The minimum atomic E-state index is -0.444. The van der Waals surface area contributed by atoms with Gasteiger partial charge in [-0.15, -0.1) is 0 Å². The largest absolute Gasteiger partial charge is 0.511 e. The van der Waals surface area contributed by atoms with Crippen molar-refractivity contribution in [1.29, 1.82) is 0 Å². The summed E-state index contributed by atoms with van der Waals surface area (Å²) < 4.78 is 4.86. The summed E-state index contributed by atoms with van der Waals surface area (Å²) in [7, 11) is 0. The number of hydrogen-bond donors (Lipinski definition) is 1. The fraction of sp³-hybridized carbons (Fsp3) is 0.182. The van der Waals surface area contributed by atoms with Crippen molar-refractivity contribution in [1.82, 2.24) is 0 Å². The summed E-state index contributed by atoms with van der Waals surface area (Å²) in [6, 6.07) is 9.04. The van der Waals surface area contributed by atoms with Crippen LogP contribution < -0.4 is 0 Å². The summed E-state index contributed by atoms with van der Waals surface area (Å²) >= 11 is 0. The molecule has 14 heavy (non-hydrogen) atoms. The van der Waals surface area contributed by atoms with Crippen molar-refractivity contribution in [2.24, 2.45) is 0 Å². The van der Waals surface area contributed by atoms with Gasteiger partial charge in [-0.05, 0) is 5.56 Å². The molecule has 3 heteroatoms. The summed E-state index contributed by atoms with van der Waals surface area (Å²) in [6.07, 6.45) is 0.399. The highest BCUT2D eigenvalue weighted by molar-refractivity contribution is 6.17. The summed E-state index contributed by atoms with van der Waals surface area (Å²) in [4.78, 5) is 11.4. The number of esters is 1. The normalized spacial score (nSPS) is 16.7. The molecule has 0 saturated carbocycles. The second kappa shape index (κ2) is 3.54. The maximum absolute atomic E-state index is 11.4. The van der Waals surface area contributed by atoms with E-state index in [9.17, 15) is 9.90 Å². The molecule has 1 N–H and O–H groups in total. The number of rotatable bonds is 1. The van der Waals surface area contributed by atoms with Gasteiger partial charge in [0.2, 0.25) is 0 Å². The SMILES string of the molecule is O=C1OCCC(O)=C1c1ccccc1. The van der Waals surface area contributed by atoms with Crippen LogP contribution in [0.3, 0.4) is 0 Å². The molecule has 2 rings (SSSR count). The van der Waals surface area contributed by atoms with Crippen LogP contribution in [0.25, 0.3) is 5.57 Å². The first kappa shape index (κ1) is 8.81. The van der Waals surface area contributed by atoms with E-state index in [1.54, 1.807) is 12.1 Å². The number of aliphatic hydroxyl groups excluding tert-OH is 1. The Balaban J connectivity index is 2.46. The summed E-state index contributed by atoms with van der Waals surface area (Å²) in [5, 5.41) is 9.57. The first-order valence-electron chi connectivity index (χ1n) is 4.43. The molecule has 0 saturated heterocycles. The van der Waals surface area contributed by atoms with Gasteiger partial charge in [-0.25, -0.2) is 4.79 Å². The Morgan fingerprint density at radius 2 is 1.93 bits per heavy atom. The number of carbonyl (C=O) groups excluding carboxylic acids is 1. The number of cyclic esters (lactones) is 1. The van der Waals surface area contributed by atoms with Gasteiger partial charge in [0, 0.05) is 6.42 Å². The average Bonchev–Trinajstić information content (AvgIpc) is 2.19. The molecule has 0 fully saturated rings. The van der Waals surface area contributed by atoms with Gasteiger partial charge in [0.1, 0.15) is 11.3 Å². The van der Waals surface area contributed by atoms with Crippen LogP contribution in [0.1, 0.15) is 12.0 Å². The number of ether oxygens (including phenoxy) is 1. The van der Waals surface area contributed by atoms with Crippen LogP contribution in [0.5, 0.6) is 0 Å². The lowest BCUT2D eigenvalue weighted by Gasteiger charge is -2.15. The molecule has 1 aliphatic heterocycles. The summed E-state index contributed by atoms with van der Waals surface area (Å²) in [6.45, 7) is 0.265. The fourth-order valence-corrected chi connectivity index (χ4v) is 1.44. The first-order valence-corrected chi connectivity index (χ1v) is 4.43. The molecule has 0 aromatic heterocycles. The molecule has 0 aliphatic carbocycles. The van der Waals surface area contributed by atoms with E-state index in [4.69, 9.17) is 4.74 Å². The highest BCUT2D eigenvalue weighted by Crippen LogP contribution is 2.24. The predicted molar refractivity (Wildman–Crippen MR) is 51.6 cm³/mol. The van der Waals surface area contributed by atoms with Gasteiger partial charge >= 0.3 is 5.97 Å². The molecule has 1 aromatic rings. The van der Waals surface area contributed by atoms with Gasteiger partial charge in [0.25, 0.3) is 0 Å². The molecule has 1 aromatic carbocycles. The van der Waals surface area contributed by atoms with Gasteiger partial charge in [0.05, 0.1) is 6.61 Å². The van der Waals surface area contributed by atoms with Crippen LogP contribution >= 0.6 is 0 Å². The molecule has 1 heterocycles. The Morgan fingerprint density at radius 1 is 1.21 bits per heavy atom. The Labute approximate surface area is 81.6 Å². The second-order valence-corrected chi connectivity index (χ2v) is 3.07. The maximum Gasteiger partial charge on any atom is 0.342 e. The monoisotopic (exact) mass is 190 g/mol. The third-order valence-electron chi connectivity index (χ3n) is 2.13. The highest BCUT2D eigenvalue weighted by Gasteiger charge is 2.22. The molecule has 0 atom stereocenters. The molecule has 3 nitrogen and oxygen atoms in total. The minimum Gasteiger partial charge on any atom is -0.511 e. The summed E-state index contributed by atoms with van der Waals surface area (Å²) in [5.74, 6) is -0.326. The maximum atomic E-state index is 11.4. The highest BCUT2D eigenvalue weighted by atomic mass is 16.5. The smallest absolute Gasteiger partial charge is 0.342 e. The Hall–Kier alpha value is -1.77. The van der Waals surface area contributed by atoms with Crippen LogP contribution in [0.2, 0.25) is 0 Å². The lowest BCUT2D eigenvalue weighted by atomic mass is 10.0. The fourth-order valence-electron chi connectivity index (χ4n) is 1.44. The van der Waals surface area contributed by atoms with E-state index in [1.165, 1.54) is 0 Å². The molecular weight excluding hydrogens is 180 g/mol. The van der Waals surface area contributed by atoms with Gasteiger partial charge < -0.3 is 9.84 Å². The zero-order valence-corrected chi connectivity index (χ0v) is 7.56. The zero-order valence-electron chi connectivity index (χ0n) is 7.56. The van der Waals surface area contributed by atoms with Gasteiger partial charge in [0.15, 0.2) is 0 Å². The van der Waals surface area contributed by atoms with E-state index in [1.807, 2.05) is 18.2 Å². The molecular formula is C11H10O3. The molecule has 0 unspecified atom stereocenters. The quantitative estimate of drug-likeness (QED) is 0.688. The molecule has 0 amide bonds. The first-order chi connectivity index (χ1) is 6.79. The van der Waals surface area contributed by atoms with Crippen molar-refractivity contribution < 1.29 is 14.6 Å². The number of aliphatic hydroxyl groups is 1. The third-order valence-corrected chi connectivity index (χ3v) is 2.13. The van der Waals surface area contributed by atoms with Crippen LogP contribution in [0.15, 0.2) is 36.1 Å². The predicted octanol–water partition coefficient (Wildman–Crippen LogP) is 1.90. The second-order valence-electron chi connectivity index (χ2n) is 3.07. The van der Waals surface area contributed by atoms with Gasteiger partial charge in [-0.2, -0.15) is 0 Å². The Bertz CT molecular complexity index is 379. The number of carbonyl (C=O) groups is 1. The Kier molecular flexibility index (Phi) is 2.23. The van der Waals surface area contributed by atoms with Crippen LogP contribution in [0.4, 0.5) is 0 Å². The van der Waals surface area contributed by atoms with Crippen LogP contribution in [-0.2, 0) is 9.53 Å². The third kappa shape index (κ3) is 1.48. The standard InChI is InChI=1S/C11H10O3/c12-9-6-7-14-11(13)10(9)8-4-2-1-3-5-8/h1-5,12H,6-7H2. The molecule has 72 valence electrons. The van der Waals surface area contributed by atoms with Crippen molar-refractivity contribution in [2.75, 3.05) is 6.61 Å². The van der Waals surface area contributed by atoms with Crippen molar-refractivity contribution in [3.63, 3.8) is 0 Å². The molecule has 0 spiro atoms. The van der Waals surface area contributed by atoms with E-state index >= 15 is 0 Å². The van der Waals surface area contributed by atoms with Crippen molar-refractivity contribution in [3.8, 4) is 0 Å². The van der Waals surface area contributed by atoms with E-state index < -0.39 is 5.97 Å². The van der Waals surface area contributed by atoms with E-state index in [2.05, 4.69) is 0 Å². The Morgan fingerprint density at radius 3 is 2.57 bits per heavy atom.